The second-order valence-corrected chi connectivity index (χ2v) is 5.50. The van der Waals surface area contributed by atoms with Crippen LogP contribution in [0.4, 0.5) is 13.2 Å². The lowest BCUT2D eigenvalue weighted by atomic mass is 10.1. The van der Waals surface area contributed by atoms with E-state index in [0.717, 1.165) is 16.7 Å². The van der Waals surface area contributed by atoms with Gasteiger partial charge in [0, 0.05) is 4.90 Å². The van der Waals surface area contributed by atoms with Gasteiger partial charge in [-0.2, -0.15) is 13.2 Å². The highest BCUT2D eigenvalue weighted by molar-refractivity contribution is 8.03. The van der Waals surface area contributed by atoms with Gasteiger partial charge in [-0.1, -0.05) is 60.3 Å². The molecule has 0 aliphatic carbocycles. The van der Waals surface area contributed by atoms with Crippen molar-refractivity contribution < 1.29 is 13.2 Å². The Morgan fingerprint density at radius 3 is 1.85 bits per heavy atom. The molecule has 0 amide bonds. The minimum atomic E-state index is -4.37. The fraction of sp³-hybridized carbons (Fsp3) is 0.125. The Bertz CT molecular complexity index is 586. The van der Waals surface area contributed by atoms with E-state index in [1.165, 1.54) is 19.1 Å². The van der Waals surface area contributed by atoms with Gasteiger partial charge in [0.1, 0.15) is 0 Å². The number of hydrogen-bond acceptors (Lipinski definition) is 1. The first-order valence-electron chi connectivity index (χ1n) is 6.05. The van der Waals surface area contributed by atoms with Crippen LogP contribution in [0.15, 0.2) is 70.5 Å². The molecule has 0 bridgehead atoms. The highest BCUT2D eigenvalue weighted by Crippen LogP contribution is 2.41. The fourth-order valence-electron chi connectivity index (χ4n) is 1.89. The molecule has 0 fully saturated rings. The predicted octanol–water partition coefficient (Wildman–Crippen LogP) is 5.77. The summed E-state index contributed by atoms with van der Waals surface area (Å²) < 4.78 is 39.9. The summed E-state index contributed by atoms with van der Waals surface area (Å²) in [6.45, 7) is 1.51. The molecule has 0 atom stereocenters. The third kappa shape index (κ3) is 3.67. The Kier molecular flexibility index (Phi) is 4.55. The summed E-state index contributed by atoms with van der Waals surface area (Å²) >= 11 is 1.13. The molecule has 2 aromatic carbocycles. The Labute approximate surface area is 120 Å². The minimum absolute atomic E-state index is 0.195. The highest BCUT2D eigenvalue weighted by atomic mass is 32.2. The summed E-state index contributed by atoms with van der Waals surface area (Å²) in [5, 5.41) is 0. The summed E-state index contributed by atoms with van der Waals surface area (Å²) in [6.07, 6.45) is -4.37. The number of benzene rings is 2. The summed E-state index contributed by atoms with van der Waals surface area (Å²) in [7, 11) is 0. The molecule has 0 aromatic heterocycles. The normalized spacial score (nSPS) is 13.0. The molecule has 0 N–H and O–H groups in total. The molecule has 0 unspecified atom stereocenters. The Balaban J connectivity index is 2.43. The number of alkyl halides is 3. The van der Waals surface area contributed by atoms with Crippen molar-refractivity contribution in [2.45, 2.75) is 18.0 Å². The minimum Gasteiger partial charge on any atom is -0.166 e. The van der Waals surface area contributed by atoms with Crippen molar-refractivity contribution in [1.82, 2.24) is 0 Å². The zero-order chi connectivity index (χ0) is 14.6. The van der Waals surface area contributed by atoms with Crippen LogP contribution in [0.2, 0.25) is 0 Å². The molecule has 0 spiro atoms. The van der Waals surface area contributed by atoms with Gasteiger partial charge in [-0.25, -0.2) is 0 Å². The summed E-state index contributed by atoms with van der Waals surface area (Å²) in [4.78, 5) is 1.04. The maximum Gasteiger partial charge on any atom is 0.417 e. The zero-order valence-electron chi connectivity index (χ0n) is 10.8. The second-order valence-electron chi connectivity index (χ2n) is 4.21. The van der Waals surface area contributed by atoms with Gasteiger partial charge >= 0.3 is 6.18 Å². The number of allylic oxidation sites excluding steroid dienone is 2. The molecule has 2 rings (SSSR count). The average molecular weight is 294 g/mol. The first-order valence-corrected chi connectivity index (χ1v) is 6.86. The molecule has 0 aliphatic heterocycles. The van der Waals surface area contributed by atoms with E-state index in [2.05, 4.69) is 0 Å². The molecule has 2 aromatic rings. The first kappa shape index (κ1) is 14.7. The maximum atomic E-state index is 13.3. The van der Waals surface area contributed by atoms with Crippen molar-refractivity contribution >= 4 is 17.3 Å². The van der Waals surface area contributed by atoms with E-state index in [1.54, 1.807) is 30.3 Å². The van der Waals surface area contributed by atoms with E-state index in [1.807, 2.05) is 18.2 Å². The van der Waals surface area contributed by atoms with Gasteiger partial charge < -0.3 is 0 Å². The van der Waals surface area contributed by atoms with Crippen molar-refractivity contribution in [1.29, 1.82) is 0 Å². The van der Waals surface area contributed by atoms with Gasteiger partial charge in [-0.05, 0) is 29.5 Å². The summed E-state index contributed by atoms with van der Waals surface area (Å²) in [5.41, 5.74) is -0.382. The van der Waals surface area contributed by atoms with Crippen molar-refractivity contribution in [3.05, 3.63) is 71.1 Å². The monoisotopic (exact) mass is 294 g/mol. The molecule has 4 heteroatoms. The van der Waals surface area contributed by atoms with Crippen LogP contribution in [0, 0.1) is 0 Å². The molecule has 0 saturated heterocycles. The van der Waals surface area contributed by atoms with Gasteiger partial charge in [0.05, 0.1) is 5.57 Å². The third-order valence-electron chi connectivity index (χ3n) is 2.71. The Morgan fingerprint density at radius 2 is 1.35 bits per heavy atom. The molecule has 0 aliphatic rings. The van der Waals surface area contributed by atoms with E-state index in [0.29, 0.717) is 0 Å². The Hall–Kier alpha value is -1.68. The topological polar surface area (TPSA) is 0 Å². The van der Waals surface area contributed by atoms with Gasteiger partial charge in [0.2, 0.25) is 0 Å². The van der Waals surface area contributed by atoms with Crippen LogP contribution in [0.5, 0.6) is 0 Å². The van der Waals surface area contributed by atoms with Gasteiger partial charge in [0.15, 0.2) is 0 Å². The largest absolute Gasteiger partial charge is 0.417 e. The molecular weight excluding hydrogens is 281 g/mol. The smallest absolute Gasteiger partial charge is 0.166 e. The van der Waals surface area contributed by atoms with E-state index in [4.69, 9.17) is 0 Å². The van der Waals surface area contributed by atoms with Crippen LogP contribution in [-0.2, 0) is 0 Å². The zero-order valence-corrected chi connectivity index (χ0v) is 11.6. The number of rotatable bonds is 3. The molecule has 0 radical (unpaired) electrons. The lowest BCUT2D eigenvalue weighted by Gasteiger charge is -2.15. The molecule has 20 heavy (non-hydrogen) atoms. The van der Waals surface area contributed by atoms with Crippen LogP contribution in [0.1, 0.15) is 12.5 Å². The van der Waals surface area contributed by atoms with Crippen molar-refractivity contribution in [2.24, 2.45) is 0 Å². The van der Waals surface area contributed by atoms with Crippen LogP contribution in [0.3, 0.4) is 0 Å². The summed E-state index contributed by atoms with van der Waals surface area (Å²) in [6, 6.07) is 17.0. The van der Waals surface area contributed by atoms with Gasteiger partial charge in [0.25, 0.3) is 0 Å². The Morgan fingerprint density at radius 1 is 0.850 bits per heavy atom. The lowest BCUT2D eigenvalue weighted by molar-refractivity contribution is -0.0691. The molecule has 0 saturated carbocycles. The van der Waals surface area contributed by atoms with Crippen molar-refractivity contribution in [3.63, 3.8) is 0 Å². The quantitative estimate of drug-likeness (QED) is 0.647. The van der Waals surface area contributed by atoms with E-state index < -0.39 is 11.7 Å². The fourth-order valence-corrected chi connectivity index (χ4v) is 2.87. The highest BCUT2D eigenvalue weighted by Gasteiger charge is 2.36. The van der Waals surface area contributed by atoms with E-state index in [9.17, 15) is 13.2 Å². The molecule has 0 heterocycles. The second kappa shape index (κ2) is 6.18. The number of halogens is 3. The predicted molar refractivity (Wildman–Crippen MR) is 77.4 cm³/mol. The van der Waals surface area contributed by atoms with Crippen LogP contribution < -0.4 is 0 Å². The van der Waals surface area contributed by atoms with Gasteiger partial charge in [-0.3, -0.25) is 0 Å². The van der Waals surface area contributed by atoms with E-state index in [-0.39, 0.29) is 10.5 Å². The SMILES string of the molecule is C/C(Sc1ccccc1)=C(\c1ccccc1)C(F)(F)F. The molecule has 104 valence electrons. The van der Waals surface area contributed by atoms with Crippen molar-refractivity contribution in [2.75, 3.05) is 0 Å². The molecular formula is C16H13F3S. The maximum absolute atomic E-state index is 13.3. The van der Waals surface area contributed by atoms with E-state index >= 15 is 0 Å². The standard InChI is InChI=1S/C16H13F3S/c1-12(20-14-10-6-3-7-11-14)15(16(17,18)19)13-8-4-2-5-9-13/h2-11H,1H3/b15-12-. The number of thioether (sulfide) groups is 1. The lowest BCUT2D eigenvalue weighted by Crippen LogP contribution is -2.12. The third-order valence-corrected chi connectivity index (χ3v) is 3.73. The van der Waals surface area contributed by atoms with Crippen LogP contribution in [-0.4, -0.2) is 6.18 Å². The number of hydrogen-bond donors (Lipinski definition) is 0. The summed E-state index contributed by atoms with van der Waals surface area (Å²) in [5.74, 6) is 0. The molecule has 0 nitrogen and oxygen atoms in total. The van der Waals surface area contributed by atoms with Crippen LogP contribution >= 0.6 is 11.8 Å². The van der Waals surface area contributed by atoms with Crippen LogP contribution in [0.25, 0.3) is 5.57 Å². The van der Waals surface area contributed by atoms with Crippen molar-refractivity contribution in [3.8, 4) is 0 Å². The average Bonchev–Trinajstić information content (AvgIpc) is 2.39. The first-order chi connectivity index (χ1) is 9.48. The van der Waals surface area contributed by atoms with Gasteiger partial charge in [-0.15, -0.1) is 0 Å².